The van der Waals surface area contributed by atoms with Crippen LogP contribution in [0, 0.1) is 17.7 Å². The van der Waals surface area contributed by atoms with Crippen LogP contribution in [0.3, 0.4) is 0 Å². The van der Waals surface area contributed by atoms with Crippen molar-refractivity contribution in [3.05, 3.63) is 53.8 Å². The lowest BCUT2D eigenvalue weighted by molar-refractivity contribution is 0.0715. The molecule has 1 heterocycles. The van der Waals surface area contributed by atoms with E-state index in [9.17, 15) is 9.18 Å². The summed E-state index contributed by atoms with van der Waals surface area (Å²) in [6.07, 6.45) is 1.25. The summed E-state index contributed by atoms with van der Waals surface area (Å²) in [6.45, 7) is 14.2. The van der Waals surface area contributed by atoms with Crippen molar-refractivity contribution in [2.24, 2.45) is 18.9 Å². The molecule has 0 fully saturated rings. The van der Waals surface area contributed by atoms with Crippen LogP contribution in [0.1, 0.15) is 58.3 Å². The number of aryl methyl sites for hydroxylation is 1. The van der Waals surface area contributed by atoms with Crippen LogP contribution in [0.25, 0.3) is 11.0 Å². The van der Waals surface area contributed by atoms with Gasteiger partial charge in [0.1, 0.15) is 5.82 Å². The first kappa shape index (κ1) is 25.4. The topological polar surface area (TPSA) is 50.2 Å². The second-order valence-electron chi connectivity index (χ2n) is 9.03. The van der Waals surface area contributed by atoms with Crippen molar-refractivity contribution in [1.82, 2.24) is 14.5 Å². The third kappa shape index (κ3) is 6.81. The van der Waals surface area contributed by atoms with Gasteiger partial charge in [0.25, 0.3) is 5.91 Å². The quantitative estimate of drug-likeness (QED) is 0.449. The molecule has 0 aliphatic rings. The fourth-order valence-corrected chi connectivity index (χ4v) is 3.40. The number of rotatable bonds is 7. The zero-order chi connectivity index (χ0) is 23.8. The number of nitrogens with zero attached hydrogens (tertiary/aromatic N) is 3. The molecule has 1 amide bonds. The molecular formula is C26H37FN4O. The van der Waals surface area contributed by atoms with Crippen molar-refractivity contribution < 1.29 is 9.18 Å². The van der Waals surface area contributed by atoms with Crippen LogP contribution in [0.4, 0.5) is 16.0 Å². The number of amides is 1. The standard InChI is InChI=1S/C23H29FN4O.C3H8/c1-15(2)13-28(14-16(3)4)22(29)17-6-11-20-21(12-17)27(5)23(26-20)25-19-9-7-18(24)8-10-19;1-3-2/h6-12,15-16H,13-14H2,1-5H3,(H,25,26);3H2,1-2H3. The fraction of sp³-hybridized carbons (Fsp3) is 0.462. The highest BCUT2D eigenvalue weighted by Gasteiger charge is 2.19. The highest BCUT2D eigenvalue weighted by Crippen LogP contribution is 2.23. The van der Waals surface area contributed by atoms with E-state index in [2.05, 4.69) is 51.8 Å². The van der Waals surface area contributed by atoms with Crippen LogP contribution in [-0.4, -0.2) is 33.4 Å². The maximum atomic E-state index is 13.1. The first-order valence-electron chi connectivity index (χ1n) is 11.4. The van der Waals surface area contributed by atoms with Crippen molar-refractivity contribution in [1.29, 1.82) is 0 Å². The molecule has 174 valence electrons. The average molecular weight is 441 g/mol. The van der Waals surface area contributed by atoms with Gasteiger partial charge in [-0.3, -0.25) is 4.79 Å². The molecule has 6 heteroatoms. The normalized spacial score (nSPS) is 10.9. The SMILES string of the molecule is CC(C)CN(CC(C)C)C(=O)c1ccc2nc(Nc3ccc(F)cc3)n(C)c2c1.CCC. The number of benzene rings is 2. The minimum Gasteiger partial charge on any atom is -0.338 e. The Balaban J connectivity index is 0.00000114. The van der Waals surface area contributed by atoms with Crippen molar-refractivity contribution in [3.63, 3.8) is 0 Å². The largest absolute Gasteiger partial charge is 0.338 e. The molecule has 5 nitrogen and oxygen atoms in total. The zero-order valence-corrected chi connectivity index (χ0v) is 20.4. The van der Waals surface area contributed by atoms with Gasteiger partial charge in [-0.1, -0.05) is 48.0 Å². The molecule has 32 heavy (non-hydrogen) atoms. The number of hydrogen-bond donors (Lipinski definition) is 1. The Kier molecular flexibility index (Phi) is 9.24. The van der Waals surface area contributed by atoms with Gasteiger partial charge in [-0.25, -0.2) is 9.37 Å². The molecular weight excluding hydrogens is 403 g/mol. The maximum Gasteiger partial charge on any atom is 0.253 e. The molecule has 0 aliphatic heterocycles. The van der Waals surface area contributed by atoms with Crippen LogP contribution in [0.2, 0.25) is 0 Å². The predicted octanol–water partition coefficient (Wildman–Crippen LogP) is 6.63. The van der Waals surface area contributed by atoms with Crippen LogP contribution < -0.4 is 5.32 Å². The number of aromatic nitrogens is 2. The molecule has 3 aromatic rings. The minimum absolute atomic E-state index is 0.0449. The molecule has 0 radical (unpaired) electrons. The Morgan fingerprint density at radius 3 is 2.12 bits per heavy atom. The van der Waals surface area contributed by atoms with Crippen LogP contribution in [0.5, 0.6) is 0 Å². The molecule has 1 N–H and O–H groups in total. The van der Waals surface area contributed by atoms with Crippen LogP contribution in [0.15, 0.2) is 42.5 Å². The average Bonchev–Trinajstić information content (AvgIpc) is 3.03. The Morgan fingerprint density at radius 2 is 1.59 bits per heavy atom. The molecule has 3 rings (SSSR count). The summed E-state index contributed by atoms with van der Waals surface area (Å²) in [5, 5.41) is 3.20. The van der Waals surface area contributed by atoms with Gasteiger partial charge in [-0.15, -0.1) is 0 Å². The van der Waals surface area contributed by atoms with Gasteiger partial charge in [-0.05, 0) is 54.3 Å². The molecule has 0 bridgehead atoms. The summed E-state index contributed by atoms with van der Waals surface area (Å²) in [5.74, 6) is 1.21. The van der Waals surface area contributed by atoms with Gasteiger partial charge in [0.05, 0.1) is 11.0 Å². The summed E-state index contributed by atoms with van der Waals surface area (Å²) in [4.78, 5) is 19.7. The second-order valence-corrected chi connectivity index (χ2v) is 9.03. The lowest BCUT2D eigenvalue weighted by Gasteiger charge is -2.26. The van der Waals surface area contributed by atoms with E-state index >= 15 is 0 Å². The number of imidazole rings is 1. The molecule has 0 aliphatic carbocycles. The van der Waals surface area contributed by atoms with E-state index in [1.54, 1.807) is 12.1 Å². The number of anilines is 2. The van der Waals surface area contributed by atoms with E-state index in [0.29, 0.717) is 23.3 Å². The Morgan fingerprint density at radius 1 is 1.03 bits per heavy atom. The van der Waals surface area contributed by atoms with E-state index in [4.69, 9.17) is 0 Å². The summed E-state index contributed by atoms with van der Waals surface area (Å²) in [6, 6.07) is 11.8. The predicted molar refractivity (Wildman–Crippen MR) is 132 cm³/mol. The van der Waals surface area contributed by atoms with Gasteiger partial charge in [0, 0.05) is 31.4 Å². The zero-order valence-electron chi connectivity index (χ0n) is 20.4. The van der Waals surface area contributed by atoms with Gasteiger partial charge in [0.15, 0.2) is 0 Å². The first-order chi connectivity index (χ1) is 15.2. The lowest BCUT2D eigenvalue weighted by Crippen LogP contribution is -2.37. The first-order valence-corrected chi connectivity index (χ1v) is 11.4. The maximum absolute atomic E-state index is 13.1. The van der Waals surface area contributed by atoms with Crippen molar-refractivity contribution >= 4 is 28.6 Å². The number of carbonyl (C=O) groups is 1. The molecule has 1 aromatic heterocycles. The molecule has 0 atom stereocenters. The number of halogens is 1. The highest BCUT2D eigenvalue weighted by atomic mass is 19.1. The number of nitrogens with one attached hydrogen (secondary N) is 1. The van der Waals surface area contributed by atoms with E-state index in [1.807, 2.05) is 34.7 Å². The van der Waals surface area contributed by atoms with Crippen LogP contribution >= 0.6 is 0 Å². The summed E-state index contributed by atoms with van der Waals surface area (Å²) in [5.41, 5.74) is 3.08. The van der Waals surface area contributed by atoms with Crippen LogP contribution in [-0.2, 0) is 7.05 Å². The second kappa shape index (κ2) is 11.7. The molecule has 2 aromatic carbocycles. The third-order valence-corrected chi connectivity index (χ3v) is 4.69. The Hall–Kier alpha value is -2.89. The number of carbonyl (C=O) groups excluding carboxylic acids is 1. The van der Waals surface area contributed by atoms with E-state index in [1.165, 1.54) is 18.6 Å². The third-order valence-electron chi connectivity index (χ3n) is 4.69. The summed E-state index contributed by atoms with van der Waals surface area (Å²) >= 11 is 0. The highest BCUT2D eigenvalue weighted by molar-refractivity contribution is 5.98. The number of hydrogen-bond acceptors (Lipinski definition) is 3. The molecule has 0 saturated carbocycles. The number of fused-ring (bicyclic) bond motifs is 1. The van der Waals surface area contributed by atoms with Crippen molar-refractivity contribution in [2.45, 2.75) is 48.0 Å². The van der Waals surface area contributed by atoms with E-state index in [0.717, 1.165) is 29.8 Å². The van der Waals surface area contributed by atoms with E-state index < -0.39 is 0 Å². The van der Waals surface area contributed by atoms with Gasteiger partial charge in [-0.2, -0.15) is 0 Å². The summed E-state index contributed by atoms with van der Waals surface area (Å²) in [7, 11) is 1.90. The van der Waals surface area contributed by atoms with Gasteiger partial charge < -0.3 is 14.8 Å². The van der Waals surface area contributed by atoms with Gasteiger partial charge >= 0.3 is 0 Å². The lowest BCUT2D eigenvalue weighted by atomic mass is 10.1. The molecule has 0 saturated heterocycles. The molecule has 0 unspecified atom stereocenters. The smallest absolute Gasteiger partial charge is 0.253 e. The van der Waals surface area contributed by atoms with Crippen molar-refractivity contribution in [2.75, 3.05) is 18.4 Å². The van der Waals surface area contributed by atoms with E-state index in [-0.39, 0.29) is 11.7 Å². The summed E-state index contributed by atoms with van der Waals surface area (Å²) < 4.78 is 15.0. The Bertz CT molecular complexity index is 999. The Labute approximate surface area is 191 Å². The van der Waals surface area contributed by atoms with Crippen molar-refractivity contribution in [3.8, 4) is 0 Å². The van der Waals surface area contributed by atoms with Gasteiger partial charge in [0.2, 0.25) is 5.95 Å². The monoisotopic (exact) mass is 440 g/mol. The fourth-order valence-electron chi connectivity index (χ4n) is 3.40. The molecule has 0 spiro atoms. The minimum atomic E-state index is -0.281.